The van der Waals surface area contributed by atoms with Crippen molar-refractivity contribution in [2.75, 3.05) is 11.9 Å². The molecule has 0 spiro atoms. The van der Waals surface area contributed by atoms with E-state index in [2.05, 4.69) is 10.3 Å². The summed E-state index contributed by atoms with van der Waals surface area (Å²) in [5.74, 6) is 0.0101. The maximum Gasteiger partial charge on any atom is 0.338 e. The van der Waals surface area contributed by atoms with Crippen LogP contribution in [0.1, 0.15) is 28.7 Å². The lowest BCUT2D eigenvalue weighted by Crippen LogP contribution is -2.10. The van der Waals surface area contributed by atoms with Crippen LogP contribution in [0.3, 0.4) is 0 Å². The van der Waals surface area contributed by atoms with Gasteiger partial charge in [0.15, 0.2) is 0 Å². The van der Waals surface area contributed by atoms with E-state index < -0.39 is 0 Å². The molecule has 6 nitrogen and oxygen atoms in total. The number of thiazole rings is 1. The number of carbonyl (C=O) groups is 2. The molecule has 2 aromatic carbocycles. The summed E-state index contributed by atoms with van der Waals surface area (Å²) in [6, 6.07) is 20.1. The Balaban J connectivity index is 1.60. The second kappa shape index (κ2) is 11.0. The number of benzene rings is 2. The van der Waals surface area contributed by atoms with E-state index in [-0.39, 0.29) is 18.5 Å². The Bertz CT molecular complexity index is 1310. The molecule has 0 saturated carbocycles. The van der Waals surface area contributed by atoms with Crippen LogP contribution in [-0.2, 0) is 16.0 Å². The molecule has 0 aliphatic rings. The maximum atomic E-state index is 12.2. The van der Waals surface area contributed by atoms with E-state index >= 15 is 0 Å². The first kappa shape index (κ1) is 23.6. The standard InChI is InChI=1S/C26H22ClN3O3S/c1-2-22(31)29-21-16-19(11-13-28-21)25-24(18-9-6-10-20(27)15-18)30-23(34-25)12-14-33-26(32)17-7-4-3-5-8-17/h3-11,13,15-16H,2,12,14H2,1H3,(H,28,29,31). The Labute approximate surface area is 206 Å². The first-order chi connectivity index (χ1) is 16.5. The first-order valence-electron chi connectivity index (χ1n) is 10.8. The van der Waals surface area contributed by atoms with Crippen molar-refractivity contribution in [1.29, 1.82) is 0 Å². The summed E-state index contributed by atoms with van der Waals surface area (Å²) in [5.41, 5.74) is 3.04. The van der Waals surface area contributed by atoms with Crippen LogP contribution in [0.2, 0.25) is 5.02 Å². The van der Waals surface area contributed by atoms with Crippen LogP contribution >= 0.6 is 22.9 Å². The molecule has 0 fully saturated rings. The van der Waals surface area contributed by atoms with Crippen molar-refractivity contribution >= 4 is 40.6 Å². The van der Waals surface area contributed by atoms with Crippen molar-refractivity contribution in [2.45, 2.75) is 19.8 Å². The number of hydrogen-bond donors (Lipinski definition) is 1. The molecule has 8 heteroatoms. The lowest BCUT2D eigenvalue weighted by atomic mass is 10.1. The zero-order valence-electron chi connectivity index (χ0n) is 18.5. The van der Waals surface area contributed by atoms with E-state index in [1.165, 1.54) is 11.3 Å². The van der Waals surface area contributed by atoms with Gasteiger partial charge in [-0.1, -0.05) is 48.9 Å². The maximum absolute atomic E-state index is 12.2. The number of aromatic nitrogens is 2. The Hall–Kier alpha value is -3.55. The molecule has 34 heavy (non-hydrogen) atoms. The molecule has 0 radical (unpaired) electrons. The quantitative estimate of drug-likeness (QED) is 0.293. The number of nitrogens with one attached hydrogen (secondary N) is 1. The summed E-state index contributed by atoms with van der Waals surface area (Å²) in [6.45, 7) is 2.00. The van der Waals surface area contributed by atoms with Gasteiger partial charge in [-0.15, -0.1) is 11.3 Å². The summed E-state index contributed by atoms with van der Waals surface area (Å²) in [4.78, 5) is 34.1. The van der Waals surface area contributed by atoms with Gasteiger partial charge in [0.25, 0.3) is 0 Å². The fourth-order valence-corrected chi connectivity index (χ4v) is 4.51. The van der Waals surface area contributed by atoms with Crippen LogP contribution in [0.5, 0.6) is 0 Å². The molecule has 0 bridgehead atoms. The van der Waals surface area contributed by atoms with Crippen molar-refractivity contribution in [1.82, 2.24) is 9.97 Å². The number of nitrogens with zero attached hydrogens (tertiary/aromatic N) is 2. The van der Waals surface area contributed by atoms with Crippen molar-refractivity contribution in [3.05, 3.63) is 88.5 Å². The number of rotatable bonds is 8. The Morgan fingerprint density at radius 3 is 2.62 bits per heavy atom. The predicted octanol–water partition coefficient (Wildman–Crippen LogP) is 6.27. The summed E-state index contributed by atoms with van der Waals surface area (Å²) in [7, 11) is 0. The van der Waals surface area contributed by atoms with Gasteiger partial charge in [0, 0.05) is 29.6 Å². The molecule has 2 heterocycles. The fourth-order valence-electron chi connectivity index (χ4n) is 3.26. The minimum atomic E-state index is -0.363. The third-order valence-corrected chi connectivity index (χ3v) is 6.34. The lowest BCUT2D eigenvalue weighted by molar-refractivity contribution is -0.115. The molecule has 0 atom stereocenters. The van der Waals surface area contributed by atoms with Gasteiger partial charge in [-0.25, -0.2) is 14.8 Å². The van der Waals surface area contributed by atoms with E-state index in [1.807, 2.05) is 42.5 Å². The molecule has 0 saturated heterocycles. The minimum Gasteiger partial charge on any atom is -0.462 e. The van der Waals surface area contributed by atoms with Crippen molar-refractivity contribution < 1.29 is 14.3 Å². The fraction of sp³-hybridized carbons (Fsp3) is 0.154. The van der Waals surface area contributed by atoms with Crippen LogP contribution in [-0.4, -0.2) is 28.5 Å². The second-order valence-corrected chi connectivity index (χ2v) is 8.90. The van der Waals surface area contributed by atoms with Crippen LogP contribution in [0, 0.1) is 0 Å². The molecule has 0 unspecified atom stereocenters. The van der Waals surface area contributed by atoms with E-state index in [0.29, 0.717) is 29.2 Å². The van der Waals surface area contributed by atoms with Crippen LogP contribution in [0.15, 0.2) is 72.9 Å². The molecule has 1 N–H and O–H groups in total. The highest BCUT2D eigenvalue weighted by Crippen LogP contribution is 2.38. The average Bonchev–Trinajstić information content (AvgIpc) is 3.29. The first-order valence-corrected chi connectivity index (χ1v) is 12.0. The molecule has 172 valence electrons. The Morgan fingerprint density at radius 1 is 1.03 bits per heavy atom. The SMILES string of the molecule is CCC(=O)Nc1cc(-c2sc(CCOC(=O)c3ccccc3)nc2-c2cccc(Cl)c2)ccn1. The average molecular weight is 492 g/mol. The molecule has 4 aromatic rings. The van der Waals surface area contributed by atoms with Crippen LogP contribution in [0.4, 0.5) is 5.82 Å². The number of hydrogen-bond acceptors (Lipinski definition) is 6. The van der Waals surface area contributed by atoms with E-state index in [1.54, 1.807) is 37.4 Å². The largest absolute Gasteiger partial charge is 0.462 e. The smallest absolute Gasteiger partial charge is 0.338 e. The number of pyridine rings is 1. The lowest BCUT2D eigenvalue weighted by Gasteiger charge is -2.06. The normalized spacial score (nSPS) is 10.6. The second-order valence-electron chi connectivity index (χ2n) is 7.38. The van der Waals surface area contributed by atoms with Crippen LogP contribution < -0.4 is 5.32 Å². The van der Waals surface area contributed by atoms with Gasteiger partial charge < -0.3 is 10.1 Å². The zero-order chi connectivity index (χ0) is 23.9. The molecule has 0 aliphatic heterocycles. The monoisotopic (exact) mass is 491 g/mol. The van der Waals surface area contributed by atoms with Crippen molar-refractivity contribution in [3.8, 4) is 21.7 Å². The van der Waals surface area contributed by atoms with Gasteiger partial charge >= 0.3 is 5.97 Å². The number of amides is 1. The third kappa shape index (κ3) is 5.87. The topological polar surface area (TPSA) is 81.2 Å². The van der Waals surface area contributed by atoms with E-state index in [4.69, 9.17) is 21.3 Å². The van der Waals surface area contributed by atoms with Gasteiger partial charge in [-0.05, 0) is 42.0 Å². The van der Waals surface area contributed by atoms with Crippen molar-refractivity contribution in [2.24, 2.45) is 0 Å². The van der Waals surface area contributed by atoms with E-state index in [9.17, 15) is 9.59 Å². The van der Waals surface area contributed by atoms with Gasteiger partial charge in [-0.3, -0.25) is 4.79 Å². The molecular weight excluding hydrogens is 470 g/mol. The number of halogens is 1. The number of ether oxygens (including phenoxy) is 1. The highest BCUT2D eigenvalue weighted by atomic mass is 35.5. The number of carbonyl (C=O) groups excluding carboxylic acids is 2. The Kier molecular flexibility index (Phi) is 7.67. The highest BCUT2D eigenvalue weighted by molar-refractivity contribution is 7.15. The molecular formula is C26H22ClN3O3S. The molecule has 2 aromatic heterocycles. The minimum absolute atomic E-state index is 0.107. The highest BCUT2D eigenvalue weighted by Gasteiger charge is 2.17. The zero-order valence-corrected chi connectivity index (χ0v) is 20.0. The number of anilines is 1. The summed E-state index contributed by atoms with van der Waals surface area (Å²) in [5, 5.41) is 4.23. The third-order valence-electron chi connectivity index (χ3n) is 4.94. The number of esters is 1. The molecule has 4 rings (SSSR count). The van der Waals surface area contributed by atoms with Gasteiger partial charge in [0.05, 0.1) is 27.7 Å². The predicted molar refractivity (Wildman–Crippen MR) is 135 cm³/mol. The molecule has 1 amide bonds. The summed E-state index contributed by atoms with van der Waals surface area (Å²) in [6.07, 6.45) is 2.50. The molecule has 0 aliphatic carbocycles. The van der Waals surface area contributed by atoms with Crippen molar-refractivity contribution in [3.63, 3.8) is 0 Å². The Morgan fingerprint density at radius 2 is 1.85 bits per heavy atom. The van der Waals surface area contributed by atoms with E-state index in [0.717, 1.165) is 26.7 Å². The van der Waals surface area contributed by atoms with Gasteiger partial charge in [-0.2, -0.15) is 0 Å². The van der Waals surface area contributed by atoms with Gasteiger partial charge in [0.1, 0.15) is 5.82 Å². The van der Waals surface area contributed by atoms with Gasteiger partial charge in [0.2, 0.25) is 5.91 Å². The summed E-state index contributed by atoms with van der Waals surface area (Å²) >= 11 is 7.74. The summed E-state index contributed by atoms with van der Waals surface area (Å²) < 4.78 is 5.44. The van der Waals surface area contributed by atoms with Crippen LogP contribution in [0.25, 0.3) is 21.7 Å².